The third-order valence-corrected chi connectivity index (χ3v) is 5.65. The number of nitrogens with zero attached hydrogens (tertiary/aromatic N) is 2. The van der Waals surface area contributed by atoms with E-state index >= 15 is 0 Å². The van der Waals surface area contributed by atoms with E-state index in [4.69, 9.17) is 4.74 Å². The number of anilines is 1. The van der Waals surface area contributed by atoms with Crippen LogP contribution in [-0.4, -0.2) is 33.2 Å². The fraction of sp³-hybridized carbons (Fsp3) is 0.435. The minimum atomic E-state index is -0.401. The molecular formula is C23H28N4O3. The van der Waals surface area contributed by atoms with Gasteiger partial charge in [-0.3, -0.25) is 9.59 Å². The van der Waals surface area contributed by atoms with Gasteiger partial charge >= 0.3 is 0 Å². The Morgan fingerprint density at radius 2 is 2.13 bits per heavy atom. The van der Waals surface area contributed by atoms with Crippen molar-refractivity contribution in [3.05, 3.63) is 57.3 Å². The van der Waals surface area contributed by atoms with Gasteiger partial charge in [-0.25, -0.2) is 4.98 Å². The van der Waals surface area contributed by atoms with Crippen molar-refractivity contribution in [2.24, 2.45) is 0 Å². The maximum absolute atomic E-state index is 13.2. The minimum Gasteiger partial charge on any atom is -0.376 e. The van der Waals surface area contributed by atoms with Crippen molar-refractivity contribution in [2.75, 3.05) is 11.9 Å². The largest absolute Gasteiger partial charge is 0.376 e. The highest BCUT2D eigenvalue weighted by Crippen LogP contribution is 2.21. The van der Waals surface area contributed by atoms with E-state index in [1.54, 1.807) is 17.6 Å². The standard InChI is InChI=1S/C23H28N4O3/c1-13(2)21-25-18-8-7-16(11-19(18)26-21)24-22(28)20-14(3)10-15(4)27(23(20)29)12-17-6-5-9-30-17/h7-8,10-11,13,17H,5-6,9,12H2,1-4H3,(H,24,28)(H,25,26)/t17-/m0/s1. The Morgan fingerprint density at radius 3 is 2.83 bits per heavy atom. The van der Waals surface area contributed by atoms with E-state index in [9.17, 15) is 9.59 Å². The zero-order valence-corrected chi connectivity index (χ0v) is 17.9. The van der Waals surface area contributed by atoms with Crippen LogP contribution in [0.3, 0.4) is 0 Å². The summed E-state index contributed by atoms with van der Waals surface area (Å²) >= 11 is 0. The van der Waals surface area contributed by atoms with Crippen LogP contribution in [-0.2, 0) is 11.3 Å². The number of fused-ring (bicyclic) bond motifs is 1. The second-order valence-corrected chi connectivity index (χ2v) is 8.36. The molecule has 7 heteroatoms. The Hall–Kier alpha value is -2.93. The summed E-state index contributed by atoms with van der Waals surface area (Å²) in [5, 5.41) is 2.88. The first kappa shape index (κ1) is 20.3. The molecule has 4 rings (SSSR count). The first-order chi connectivity index (χ1) is 14.3. The number of benzene rings is 1. The molecule has 3 aromatic rings. The van der Waals surface area contributed by atoms with E-state index in [-0.39, 0.29) is 23.1 Å². The lowest BCUT2D eigenvalue weighted by Crippen LogP contribution is -2.34. The van der Waals surface area contributed by atoms with Gasteiger partial charge < -0.3 is 19.6 Å². The molecule has 1 aliphatic heterocycles. The van der Waals surface area contributed by atoms with Crippen molar-refractivity contribution in [3.8, 4) is 0 Å². The molecule has 0 bridgehead atoms. The van der Waals surface area contributed by atoms with Crippen LogP contribution in [0.15, 0.2) is 29.1 Å². The van der Waals surface area contributed by atoms with Gasteiger partial charge in [0.2, 0.25) is 0 Å². The number of aryl methyl sites for hydroxylation is 2. The van der Waals surface area contributed by atoms with Gasteiger partial charge in [-0.2, -0.15) is 0 Å². The van der Waals surface area contributed by atoms with Crippen LogP contribution in [0, 0.1) is 13.8 Å². The molecule has 1 amide bonds. The number of carbonyl (C=O) groups excluding carboxylic acids is 1. The number of aromatic amines is 1. The smallest absolute Gasteiger partial charge is 0.263 e. The van der Waals surface area contributed by atoms with Crippen molar-refractivity contribution in [1.29, 1.82) is 0 Å². The molecule has 0 spiro atoms. The molecule has 1 saturated heterocycles. The topological polar surface area (TPSA) is 89.0 Å². The highest BCUT2D eigenvalue weighted by Gasteiger charge is 2.22. The highest BCUT2D eigenvalue weighted by molar-refractivity contribution is 6.05. The van der Waals surface area contributed by atoms with Crippen LogP contribution in [0.25, 0.3) is 11.0 Å². The monoisotopic (exact) mass is 408 g/mol. The zero-order chi connectivity index (χ0) is 21.4. The van der Waals surface area contributed by atoms with Crippen molar-refractivity contribution >= 4 is 22.6 Å². The number of aromatic nitrogens is 3. The number of carbonyl (C=O) groups is 1. The molecule has 0 radical (unpaired) electrons. The summed E-state index contributed by atoms with van der Waals surface area (Å²) in [6.07, 6.45) is 1.97. The summed E-state index contributed by atoms with van der Waals surface area (Å²) in [4.78, 5) is 34.0. The van der Waals surface area contributed by atoms with Gasteiger partial charge in [-0.1, -0.05) is 13.8 Å². The Kier molecular flexibility index (Phi) is 5.47. The summed E-state index contributed by atoms with van der Waals surface area (Å²) in [7, 11) is 0. The molecule has 1 atom stereocenters. The summed E-state index contributed by atoms with van der Waals surface area (Å²) in [5.41, 5.74) is 3.73. The van der Waals surface area contributed by atoms with E-state index in [0.717, 1.165) is 42.0 Å². The third-order valence-electron chi connectivity index (χ3n) is 5.65. The predicted molar refractivity (Wildman–Crippen MR) is 117 cm³/mol. The van der Waals surface area contributed by atoms with E-state index in [1.807, 2.05) is 25.1 Å². The van der Waals surface area contributed by atoms with Crippen LogP contribution in [0.5, 0.6) is 0 Å². The second kappa shape index (κ2) is 8.07. The van der Waals surface area contributed by atoms with Crippen molar-refractivity contribution in [3.63, 3.8) is 0 Å². The molecule has 3 heterocycles. The Balaban J connectivity index is 1.62. The fourth-order valence-corrected chi connectivity index (χ4v) is 4.00. The number of nitrogens with one attached hydrogen (secondary N) is 2. The molecule has 2 aromatic heterocycles. The number of hydrogen-bond acceptors (Lipinski definition) is 4. The summed E-state index contributed by atoms with van der Waals surface area (Å²) in [6, 6.07) is 7.41. The van der Waals surface area contributed by atoms with Crippen molar-refractivity contribution < 1.29 is 9.53 Å². The first-order valence-electron chi connectivity index (χ1n) is 10.5. The Labute approximate surface area is 175 Å². The molecule has 0 unspecified atom stereocenters. The quantitative estimate of drug-likeness (QED) is 0.670. The Bertz CT molecular complexity index is 1150. The van der Waals surface area contributed by atoms with Crippen LogP contribution in [0.1, 0.15) is 60.0 Å². The Morgan fingerprint density at radius 1 is 1.33 bits per heavy atom. The molecule has 1 aromatic carbocycles. The van der Waals surface area contributed by atoms with Crippen molar-refractivity contribution in [1.82, 2.24) is 14.5 Å². The average Bonchev–Trinajstić information content (AvgIpc) is 3.34. The average molecular weight is 409 g/mol. The lowest BCUT2D eigenvalue weighted by atomic mass is 10.1. The molecule has 0 aliphatic carbocycles. The van der Waals surface area contributed by atoms with Gasteiger partial charge in [-0.15, -0.1) is 0 Å². The minimum absolute atomic E-state index is 0.0259. The summed E-state index contributed by atoms with van der Waals surface area (Å²) in [5.74, 6) is 0.786. The fourth-order valence-electron chi connectivity index (χ4n) is 4.00. The number of rotatable bonds is 5. The van der Waals surface area contributed by atoms with Crippen molar-refractivity contribution in [2.45, 2.75) is 59.1 Å². The number of imidazole rings is 1. The highest BCUT2D eigenvalue weighted by atomic mass is 16.5. The lowest BCUT2D eigenvalue weighted by molar-refractivity contribution is 0.0947. The molecule has 1 fully saturated rings. The zero-order valence-electron chi connectivity index (χ0n) is 17.9. The van der Waals surface area contributed by atoms with E-state index in [0.29, 0.717) is 17.8 Å². The third kappa shape index (κ3) is 3.89. The molecule has 30 heavy (non-hydrogen) atoms. The first-order valence-corrected chi connectivity index (χ1v) is 10.5. The summed E-state index contributed by atoms with van der Waals surface area (Å²) < 4.78 is 7.34. The van der Waals surface area contributed by atoms with Gasteiger partial charge in [0.1, 0.15) is 11.4 Å². The second-order valence-electron chi connectivity index (χ2n) is 8.36. The molecule has 0 saturated carbocycles. The molecule has 2 N–H and O–H groups in total. The SMILES string of the molecule is Cc1cc(C)n(C[C@@H]2CCCO2)c(=O)c1C(=O)Nc1ccc2nc(C(C)C)[nH]c2c1. The number of H-pyrrole nitrogens is 1. The van der Waals surface area contributed by atoms with E-state index in [1.165, 1.54) is 0 Å². The van der Waals surface area contributed by atoms with E-state index in [2.05, 4.69) is 29.1 Å². The van der Waals surface area contributed by atoms with Crippen LogP contribution in [0.2, 0.25) is 0 Å². The molecule has 158 valence electrons. The van der Waals surface area contributed by atoms with Gasteiger partial charge in [-0.05, 0) is 56.5 Å². The number of hydrogen-bond donors (Lipinski definition) is 2. The van der Waals surface area contributed by atoms with Crippen LogP contribution < -0.4 is 10.9 Å². The number of pyridine rings is 1. The number of ether oxygens (including phenoxy) is 1. The van der Waals surface area contributed by atoms with Gasteiger partial charge in [0, 0.05) is 23.9 Å². The normalized spacial score (nSPS) is 16.5. The molecule has 1 aliphatic rings. The predicted octanol–water partition coefficient (Wildman–Crippen LogP) is 3.90. The van der Waals surface area contributed by atoms with E-state index < -0.39 is 5.91 Å². The summed E-state index contributed by atoms with van der Waals surface area (Å²) in [6.45, 7) is 9.04. The van der Waals surface area contributed by atoms with Gasteiger partial charge in [0.25, 0.3) is 11.5 Å². The number of amides is 1. The maximum Gasteiger partial charge on any atom is 0.263 e. The van der Waals surface area contributed by atoms with Crippen LogP contribution in [0.4, 0.5) is 5.69 Å². The molecule has 7 nitrogen and oxygen atoms in total. The maximum atomic E-state index is 13.2. The molecular weight excluding hydrogens is 380 g/mol. The lowest BCUT2D eigenvalue weighted by Gasteiger charge is -2.17. The van der Waals surface area contributed by atoms with Crippen LogP contribution >= 0.6 is 0 Å². The van der Waals surface area contributed by atoms with Gasteiger partial charge in [0.15, 0.2) is 0 Å². The van der Waals surface area contributed by atoms with Gasteiger partial charge in [0.05, 0.1) is 23.7 Å².